The number of para-hydroxylation sites is 1. The van der Waals surface area contributed by atoms with Crippen LogP contribution in [0.5, 0.6) is 0 Å². The molecule has 0 spiro atoms. The molecule has 0 radical (unpaired) electrons. The van der Waals surface area contributed by atoms with Crippen molar-refractivity contribution >= 4 is 32.2 Å². The second-order valence-electron chi connectivity index (χ2n) is 7.91. The zero-order valence-electron chi connectivity index (χ0n) is 18.0. The molecule has 2 aromatic carbocycles. The lowest BCUT2D eigenvalue weighted by molar-refractivity contribution is 0.154. The molecule has 0 amide bonds. The van der Waals surface area contributed by atoms with Crippen molar-refractivity contribution < 1.29 is 17.7 Å². The smallest absolute Gasteiger partial charge is 0.229 e. The zero-order chi connectivity index (χ0) is 22.4. The number of rotatable bonds is 9. The Balaban J connectivity index is 1.51. The van der Waals surface area contributed by atoms with E-state index in [1.54, 1.807) is 18.2 Å². The molecule has 1 heterocycles. The lowest BCUT2D eigenvalue weighted by atomic mass is 10.0. The zero-order valence-corrected chi connectivity index (χ0v) is 19.7. The first kappa shape index (κ1) is 23.7. The van der Waals surface area contributed by atoms with Crippen LogP contribution in [-0.2, 0) is 20.8 Å². The summed E-state index contributed by atoms with van der Waals surface area (Å²) in [5, 5.41) is 10.6. The summed E-state index contributed by atoms with van der Waals surface area (Å²) in [6.07, 6.45) is 3.26. The van der Waals surface area contributed by atoms with E-state index >= 15 is 0 Å². The SMILES string of the molecule is CS(=O)c1ccc(C(O)CCCN2CCN(c3ccccc3)CC2)cc1NS(C)(=O)=O. The summed E-state index contributed by atoms with van der Waals surface area (Å²) in [5.41, 5.74) is 2.14. The fourth-order valence-electron chi connectivity index (χ4n) is 3.83. The highest BCUT2D eigenvalue weighted by molar-refractivity contribution is 7.92. The predicted octanol–water partition coefficient (Wildman–Crippen LogP) is 2.43. The number of piperazine rings is 1. The number of aliphatic hydroxyl groups is 1. The van der Waals surface area contributed by atoms with Crippen molar-refractivity contribution in [2.45, 2.75) is 23.8 Å². The molecule has 1 fully saturated rings. The van der Waals surface area contributed by atoms with E-state index in [2.05, 4.69) is 38.8 Å². The van der Waals surface area contributed by atoms with Crippen molar-refractivity contribution in [3.63, 3.8) is 0 Å². The summed E-state index contributed by atoms with van der Waals surface area (Å²) in [6.45, 7) is 4.87. The molecule has 31 heavy (non-hydrogen) atoms. The Hall–Kier alpha value is -1.94. The molecule has 170 valence electrons. The van der Waals surface area contributed by atoms with Crippen molar-refractivity contribution in [3.8, 4) is 0 Å². The first-order valence-corrected chi connectivity index (χ1v) is 13.8. The van der Waals surface area contributed by atoms with Gasteiger partial charge in [-0.15, -0.1) is 0 Å². The monoisotopic (exact) mass is 465 g/mol. The minimum atomic E-state index is -3.51. The van der Waals surface area contributed by atoms with Crippen molar-refractivity contribution in [2.24, 2.45) is 0 Å². The molecule has 2 N–H and O–H groups in total. The molecule has 1 aliphatic heterocycles. The van der Waals surface area contributed by atoms with E-state index in [-0.39, 0.29) is 5.69 Å². The Bertz CT molecular complexity index is 991. The summed E-state index contributed by atoms with van der Waals surface area (Å²) in [7, 11) is -4.85. The lowest BCUT2D eigenvalue weighted by Crippen LogP contribution is -2.46. The number of nitrogens with one attached hydrogen (secondary N) is 1. The van der Waals surface area contributed by atoms with E-state index in [1.165, 1.54) is 11.9 Å². The largest absolute Gasteiger partial charge is 0.388 e. The summed E-state index contributed by atoms with van der Waals surface area (Å²) in [6, 6.07) is 15.3. The molecule has 0 aromatic heterocycles. The average Bonchev–Trinajstić information content (AvgIpc) is 2.73. The van der Waals surface area contributed by atoms with E-state index in [0.29, 0.717) is 16.9 Å². The Morgan fingerprint density at radius 2 is 1.77 bits per heavy atom. The maximum atomic E-state index is 11.9. The van der Waals surface area contributed by atoms with Gasteiger partial charge in [0.2, 0.25) is 10.0 Å². The summed E-state index contributed by atoms with van der Waals surface area (Å²) in [4.78, 5) is 5.20. The number of hydrogen-bond acceptors (Lipinski definition) is 6. The maximum absolute atomic E-state index is 11.9. The topological polar surface area (TPSA) is 89.9 Å². The number of sulfonamides is 1. The Labute approximate surface area is 187 Å². The van der Waals surface area contributed by atoms with Gasteiger partial charge in [-0.2, -0.15) is 0 Å². The van der Waals surface area contributed by atoms with Crippen LogP contribution in [0.25, 0.3) is 0 Å². The molecular weight excluding hydrogens is 434 g/mol. The maximum Gasteiger partial charge on any atom is 0.229 e. The van der Waals surface area contributed by atoms with Crippen LogP contribution in [0.15, 0.2) is 53.4 Å². The van der Waals surface area contributed by atoms with Gasteiger partial charge in [-0.3, -0.25) is 13.8 Å². The van der Waals surface area contributed by atoms with Crippen LogP contribution < -0.4 is 9.62 Å². The summed E-state index contributed by atoms with van der Waals surface area (Å²) >= 11 is 0. The van der Waals surface area contributed by atoms with Crippen LogP contribution in [0.1, 0.15) is 24.5 Å². The van der Waals surface area contributed by atoms with Crippen LogP contribution >= 0.6 is 0 Å². The average molecular weight is 466 g/mol. The van der Waals surface area contributed by atoms with Gasteiger partial charge in [0.15, 0.2) is 0 Å². The van der Waals surface area contributed by atoms with E-state index in [4.69, 9.17) is 0 Å². The predicted molar refractivity (Wildman–Crippen MR) is 127 cm³/mol. The van der Waals surface area contributed by atoms with Gasteiger partial charge in [-0.25, -0.2) is 8.42 Å². The standard InChI is InChI=1S/C22H31N3O4S2/c1-30(27)22-11-10-18(17-20(22)23-31(2,28)29)21(26)9-6-12-24-13-15-25(16-14-24)19-7-4-3-5-8-19/h3-5,7-8,10-11,17,21,23,26H,6,9,12-16H2,1-2H3. The quantitative estimate of drug-likeness (QED) is 0.591. The number of aliphatic hydroxyl groups excluding tert-OH is 1. The highest BCUT2D eigenvalue weighted by Crippen LogP contribution is 2.27. The van der Waals surface area contributed by atoms with E-state index in [0.717, 1.165) is 45.4 Å². The van der Waals surface area contributed by atoms with Crippen LogP contribution in [-0.4, -0.2) is 67.9 Å². The molecule has 2 unspecified atom stereocenters. The van der Waals surface area contributed by atoms with Crippen LogP contribution in [0, 0.1) is 0 Å². The first-order valence-electron chi connectivity index (χ1n) is 10.4. The minimum Gasteiger partial charge on any atom is -0.388 e. The van der Waals surface area contributed by atoms with Crippen LogP contribution in [0.3, 0.4) is 0 Å². The van der Waals surface area contributed by atoms with Crippen molar-refractivity contribution in [3.05, 3.63) is 54.1 Å². The van der Waals surface area contributed by atoms with Gasteiger partial charge in [0.1, 0.15) is 0 Å². The molecule has 0 aliphatic carbocycles. The van der Waals surface area contributed by atoms with Crippen molar-refractivity contribution in [1.29, 1.82) is 0 Å². The first-order chi connectivity index (χ1) is 14.7. The third kappa shape index (κ3) is 7.03. The number of hydrogen-bond donors (Lipinski definition) is 2. The van der Waals surface area contributed by atoms with Crippen LogP contribution in [0.2, 0.25) is 0 Å². The minimum absolute atomic E-state index is 0.261. The van der Waals surface area contributed by atoms with E-state index in [1.807, 2.05) is 6.07 Å². The molecule has 0 saturated carbocycles. The van der Waals surface area contributed by atoms with E-state index in [9.17, 15) is 17.7 Å². The van der Waals surface area contributed by atoms with Crippen LogP contribution in [0.4, 0.5) is 11.4 Å². The third-order valence-corrected chi connectivity index (χ3v) is 7.01. The molecule has 9 heteroatoms. The van der Waals surface area contributed by atoms with E-state index < -0.39 is 26.9 Å². The second kappa shape index (κ2) is 10.6. The highest BCUT2D eigenvalue weighted by Gasteiger charge is 2.18. The second-order valence-corrected chi connectivity index (χ2v) is 11.0. The summed E-state index contributed by atoms with van der Waals surface area (Å²) in [5.74, 6) is 0. The third-order valence-electron chi connectivity index (χ3n) is 5.44. The molecule has 0 bridgehead atoms. The van der Waals surface area contributed by atoms with Gasteiger partial charge in [0.25, 0.3) is 0 Å². The van der Waals surface area contributed by atoms with Gasteiger partial charge < -0.3 is 10.0 Å². The van der Waals surface area contributed by atoms with Gasteiger partial charge in [-0.1, -0.05) is 24.3 Å². The number of nitrogens with zero attached hydrogens (tertiary/aromatic N) is 2. The Kier molecular flexibility index (Phi) is 8.10. The Morgan fingerprint density at radius 1 is 1.10 bits per heavy atom. The number of benzene rings is 2. The number of anilines is 2. The molecule has 1 saturated heterocycles. The van der Waals surface area contributed by atoms with Gasteiger partial charge >= 0.3 is 0 Å². The fraction of sp³-hybridized carbons (Fsp3) is 0.455. The highest BCUT2D eigenvalue weighted by atomic mass is 32.2. The summed E-state index contributed by atoms with van der Waals surface area (Å²) < 4.78 is 37.6. The Morgan fingerprint density at radius 3 is 2.39 bits per heavy atom. The van der Waals surface area contributed by atoms with Gasteiger partial charge in [-0.05, 0) is 49.2 Å². The molecule has 1 aliphatic rings. The molecular formula is C22H31N3O4S2. The normalized spacial score (nSPS) is 17.3. The lowest BCUT2D eigenvalue weighted by Gasteiger charge is -2.36. The molecule has 3 rings (SSSR count). The van der Waals surface area contributed by atoms with Crippen molar-refractivity contribution in [2.75, 3.05) is 54.9 Å². The molecule has 2 aromatic rings. The van der Waals surface area contributed by atoms with Crippen molar-refractivity contribution in [1.82, 2.24) is 4.90 Å². The van der Waals surface area contributed by atoms with Gasteiger partial charge in [0, 0.05) is 38.1 Å². The van der Waals surface area contributed by atoms with Gasteiger partial charge in [0.05, 0.1) is 33.7 Å². The fourth-order valence-corrected chi connectivity index (χ4v) is 5.14. The molecule has 7 nitrogen and oxygen atoms in total. The molecule has 2 atom stereocenters.